The van der Waals surface area contributed by atoms with Gasteiger partial charge in [-0.3, -0.25) is 0 Å². The molecule has 138 valence electrons. The molecule has 0 fully saturated rings. The number of alkyl halides is 3. The summed E-state index contributed by atoms with van der Waals surface area (Å²) in [4.78, 5) is 0. The summed E-state index contributed by atoms with van der Waals surface area (Å²) in [5.74, 6) is 0. The normalized spacial score (nSPS) is 12.6. The van der Waals surface area contributed by atoms with Crippen LogP contribution in [0.3, 0.4) is 0 Å². The third-order valence-corrected chi connectivity index (χ3v) is 20.7. The molecule has 1 aromatic carbocycles. The van der Waals surface area contributed by atoms with Crippen molar-refractivity contribution in [3.8, 4) is 0 Å². The van der Waals surface area contributed by atoms with Crippen LogP contribution in [0.1, 0.15) is 64.9 Å². The number of rotatable bonds is 11. The average molecular weight is 449 g/mol. The van der Waals surface area contributed by atoms with Crippen LogP contribution >= 0.6 is 0 Å². The number of hydrogen-bond donors (Lipinski definition) is 0. The fourth-order valence-corrected chi connectivity index (χ4v) is 19.5. The van der Waals surface area contributed by atoms with E-state index in [0.717, 1.165) is 0 Å². The molecule has 0 aromatic heterocycles. The Labute approximate surface area is 150 Å². The monoisotopic (exact) mass is 450 g/mol. The molecule has 0 spiro atoms. The van der Waals surface area contributed by atoms with Crippen LogP contribution in [0.4, 0.5) is 13.2 Å². The first-order valence-corrected chi connectivity index (χ1v) is 17.0. The van der Waals surface area contributed by atoms with E-state index in [4.69, 9.17) is 0 Å². The van der Waals surface area contributed by atoms with Crippen LogP contribution in [0.2, 0.25) is 13.3 Å². The predicted molar refractivity (Wildman–Crippen MR) is 101 cm³/mol. The van der Waals surface area contributed by atoms with Crippen molar-refractivity contribution in [3.05, 3.63) is 29.8 Å². The first-order chi connectivity index (χ1) is 11.4. The Morgan fingerprint density at radius 2 is 1.17 bits per heavy atom. The molecule has 0 saturated heterocycles. The van der Waals surface area contributed by atoms with Crippen LogP contribution in [0.25, 0.3) is 0 Å². The molecule has 0 aliphatic carbocycles. The first-order valence-electron chi connectivity index (χ1n) is 9.53. The number of hydrogen-bond acceptors (Lipinski definition) is 0. The molecule has 0 heterocycles. The van der Waals surface area contributed by atoms with Gasteiger partial charge in [0, 0.05) is 0 Å². The molecule has 0 unspecified atom stereocenters. The molecular formula is C20H33F3Sn. The molecule has 0 radical (unpaired) electrons. The van der Waals surface area contributed by atoms with E-state index >= 15 is 0 Å². The molecule has 0 aliphatic heterocycles. The predicted octanol–water partition coefficient (Wildman–Crippen LogP) is 6.85. The van der Waals surface area contributed by atoms with Crippen LogP contribution in [-0.4, -0.2) is 24.6 Å². The van der Waals surface area contributed by atoms with Gasteiger partial charge in [0.25, 0.3) is 0 Å². The Morgan fingerprint density at radius 3 is 1.50 bits per heavy atom. The molecule has 24 heavy (non-hydrogen) atoms. The molecular weight excluding hydrogens is 416 g/mol. The zero-order valence-electron chi connectivity index (χ0n) is 15.5. The van der Waals surface area contributed by atoms with Crippen LogP contribution in [0.15, 0.2) is 24.3 Å². The molecule has 4 heteroatoms. The van der Waals surface area contributed by atoms with E-state index in [2.05, 4.69) is 32.9 Å². The van der Waals surface area contributed by atoms with Gasteiger partial charge in [0.1, 0.15) is 0 Å². The van der Waals surface area contributed by atoms with E-state index in [1.54, 1.807) is 12.1 Å². The van der Waals surface area contributed by atoms with Gasteiger partial charge in [-0.25, -0.2) is 0 Å². The van der Waals surface area contributed by atoms with Crippen LogP contribution in [0.5, 0.6) is 0 Å². The minimum atomic E-state index is -4.12. The van der Waals surface area contributed by atoms with Gasteiger partial charge < -0.3 is 0 Å². The molecule has 0 N–H and O–H groups in total. The van der Waals surface area contributed by atoms with Gasteiger partial charge in [0.2, 0.25) is 0 Å². The van der Waals surface area contributed by atoms with E-state index in [1.807, 2.05) is 0 Å². The SMILES string of the molecule is CCC[CH2][Sn]([CH2]CCC)([CH2]CCC)[c]1ccc(CC(F)(F)F)cc1. The molecule has 0 amide bonds. The second kappa shape index (κ2) is 10.7. The second-order valence-electron chi connectivity index (χ2n) is 7.08. The third-order valence-electron chi connectivity index (χ3n) is 5.00. The minimum absolute atomic E-state index is 0.396. The molecule has 1 rings (SSSR count). The summed E-state index contributed by atoms with van der Waals surface area (Å²) in [5.41, 5.74) is 0.396. The molecule has 0 aliphatic rings. The van der Waals surface area contributed by atoms with Gasteiger partial charge in [-0.2, -0.15) is 0 Å². The standard InChI is InChI=1S/C8H6F3.3C4H9.Sn/c9-8(10,11)6-7-4-2-1-3-5-7;3*1-3-4-2;/h2-5H,6H2;3*1,3-4H2,2H3;. The number of halogens is 3. The Hall–Kier alpha value is -0.191. The van der Waals surface area contributed by atoms with Crippen molar-refractivity contribution in [3.63, 3.8) is 0 Å². The van der Waals surface area contributed by atoms with Crippen molar-refractivity contribution in [2.24, 2.45) is 0 Å². The van der Waals surface area contributed by atoms with E-state index in [-0.39, 0.29) is 0 Å². The fraction of sp³-hybridized carbons (Fsp3) is 0.700. The van der Waals surface area contributed by atoms with E-state index in [0.29, 0.717) is 5.56 Å². The number of unbranched alkanes of at least 4 members (excludes halogenated alkanes) is 3. The molecule has 0 bridgehead atoms. The van der Waals surface area contributed by atoms with Gasteiger partial charge in [-0.1, -0.05) is 0 Å². The summed E-state index contributed by atoms with van der Waals surface area (Å²) < 4.78 is 43.3. The second-order valence-corrected chi connectivity index (χ2v) is 20.3. The fourth-order valence-electron chi connectivity index (χ4n) is 3.56. The Kier molecular flexibility index (Phi) is 9.76. The van der Waals surface area contributed by atoms with Gasteiger partial charge >= 0.3 is 150 Å². The third kappa shape index (κ3) is 7.36. The maximum atomic E-state index is 12.6. The Balaban J connectivity index is 3.05. The van der Waals surface area contributed by atoms with Gasteiger partial charge in [-0.05, 0) is 0 Å². The van der Waals surface area contributed by atoms with Crippen molar-refractivity contribution in [1.29, 1.82) is 0 Å². The van der Waals surface area contributed by atoms with Crippen LogP contribution < -0.4 is 3.58 Å². The van der Waals surface area contributed by atoms with Crippen LogP contribution in [0, 0.1) is 0 Å². The molecule has 0 atom stereocenters. The quantitative estimate of drug-likeness (QED) is 0.325. The first kappa shape index (κ1) is 21.9. The van der Waals surface area contributed by atoms with Crippen molar-refractivity contribution < 1.29 is 13.2 Å². The summed E-state index contributed by atoms with van der Waals surface area (Å²) >= 11 is -2.49. The summed E-state index contributed by atoms with van der Waals surface area (Å²) in [6.07, 6.45) is 2.52. The van der Waals surface area contributed by atoms with Crippen molar-refractivity contribution >= 4 is 22.0 Å². The summed E-state index contributed by atoms with van der Waals surface area (Å²) in [5, 5.41) is 0. The van der Waals surface area contributed by atoms with Crippen molar-refractivity contribution in [2.75, 3.05) is 0 Å². The van der Waals surface area contributed by atoms with Gasteiger partial charge in [0.05, 0.1) is 0 Å². The average Bonchev–Trinajstić information content (AvgIpc) is 2.54. The van der Waals surface area contributed by atoms with Gasteiger partial charge in [0.15, 0.2) is 0 Å². The summed E-state index contributed by atoms with van der Waals surface area (Å²) in [7, 11) is 0. The van der Waals surface area contributed by atoms with E-state index < -0.39 is 31.0 Å². The molecule has 0 saturated carbocycles. The molecule has 1 aromatic rings. The topological polar surface area (TPSA) is 0 Å². The van der Waals surface area contributed by atoms with Gasteiger partial charge in [-0.15, -0.1) is 0 Å². The zero-order valence-corrected chi connectivity index (χ0v) is 18.4. The maximum absolute atomic E-state index is 12.6. The molecule has 0 nitrogen and oxygen atoms in total. The Bertz CT molecular complexity index is 429. The van der Waals surface area contributed by atoms with Crippen LogP contribution in [-0.2, 0) is 6.42 Å². The summed E-state index contributed by atoms with van der Waals surface area (Å²) in [6, 6.07) is 7.58. The summed E-state index contributed by atoms with van der Waals surface area (Å²) in [6.45, 7) is 6.72. The Morgan fingerprint density at radius 1 is 0.750 bits per heavy atom. The van der Waals surface area contributed by atoms with E-state index in [1.165, 1.54) is 55.4 Å². The van der Waals surface area contributed by atoms with Crippen molar-refractivity contribution in [1.82, 2.24) is 0 Å². The number of benzene rings is 1. The van der Waals surface area contributed by atoms with E-state index in [9.17, 15) is 13.2 Å². The zero-order chi connectivity index (χ0) is 18.1. The van der Waals surface area contributed by atoms with Crippen molar-refractivity contribution in [2.45, 2.75) is 85.2 Å².